The number of anilines is 1. The number of esters is 1. The van der Waals surface area contributed by atoms with Crippen LogP contribution in [0.4, 0.5) is 10.1 Å². The molecule has 0 radical (unpaired) electrons. The van der Waals surface area contributed by atoms with Gasteiger partial charge >= 0.3 is 5.97 Å². The lowest BCUT2D eigenvalue weighted by Crippen LogP contribution is -2.04. The fraction of sp³-hybridized carbons (Fsp3) is 0.125. The highest BCUT2D eigenvalue weighted by Gasteiger charge is 2.13. The normalized spacial score (nSPS) is 9.77. The number of ether oxygens (including phenoxy) is 1. The summed E-state index contributed by atoms with van der Waals surface area (Å²) in [6.45, 7) is 0. The van der Waals surface area contributed by atoms with Crippen molar-refractivity contribution in [2.45, 2.75) is 0 Å². The number of nitrogens with two attached hydrogens (primary N) is 1. The van der Waals surface area contributed by atoms with Crippen LogP contribution in [0.15, 0.2) is 12.1 Å². The summed E-state index contributed by atoms with van der Waals surface area (Å²) in [6, 6.07) is 2.12. The van der Waals surface area contributed by atoms with Gasteiger partial charge in [0.2, 0.25) is 0 Å². The minimum absolute atomic E-state index is 0.0316. The lowest BCUT2D eigenvalue weighted by atomic mass is 10.2. The molecule has 0 fully saturated rings. The van der Waals surface area contributed by atoms with E-state index in [9.17, 15) is 9.18 Å². The molecule has 0 aliphatic rings. The molecular formula is C8H7ClFNO2. The van der Waals surface area contributed by atoms with Gasteiger partial charge in [0.15, 0.2) is 0 Å². The highest BCUT2D eigenvalue weighted by Crippen LogP contribution is 2.22. The average molecular weight is 204 g/mol. The van der Waals surface area contributed by atoms with Gasteiger partial charge in [-0.2, -0.15) is 0 Å². The summed E-state index contributed by atoms with van der Waals surface area (Å²) >= 11 is 5.63. The van der Waals surface area contributed by atoms with Crippen LogP contribution in [0.25, 0.3) is 0 Å². The van der Waals surface area contributed by atoms with Crippen LogP contribution < -0.4 is 5.73 Å². The van der Waals surface area contributed by atoms with E-state index in [2.05, 4.69) is 4.74 Å². The van der Waals surface area contributed by atoms with Gasteiger partial charge in [0, 0.05) is 0 Å². The Hall–Kier alpha value is -1.29. The molecule has 0 aromatic heterocycles. The molecule has 0 atom stereocenters. The molecule has 0 amide bonds. The number of methoxy groups -OCH3 is 1. The summed E-state index contributed by atoms with van der Waals surface area (Å²) in [5.41, 5.74) is 5.09. The topological polar surface area (TPSA) is 52.3 Å². The molecule has 0 saturated carbocycles. The summed E-state index contributed by atoms with van der Waals surface area (Å²) in [6.07, 6.45) is 0. The van der Waals surface area contributed by atoms with Gasteiger partial charge in [-0.3, -0.25) is 0 Å². The van der Waals surface area contributed by atoms with E-state index in [0.29, 0.717) is 0 Å². The Balaban J connectivity index is 3.23. The number of rotatable bonds is 1. The number of hydrogen-bond donors (Lipinski definition) is 1. The third-order valence-electron chi connectivity index (χ3n) is 1.49. The Morgan fingerprint density at radius 1 is 1.62 bits per heavy atom. The maximum Gasteiger partial charge on any atom is 0.339 e. The van der Waals surface area contributed by atoms with Crippen LogP contribution in [0.3, 0.4) is 0 Å². The average Bonchev–Trinajstić information content (AvgIpc) is 2.10. The quantitative estimate of drug-likeness (QED) is 0.560. The van der Waals surface area contributed by atoms with Crippen LogP contribution in [0.2, 0.25) is 5.02 Å². The first-order valence-corrected chi connectivity index (χ1v) is 3.77. The van der Waals surface area contributed by atoms with Crippen LogP contribution >= 0.6 is 11.6 Å². The van der Waals surface area contributed by atoms with Gasteiger partial charge in [0.05, 0.1) is 23.4 Å². The maximum atomic E-state index is 12.9. The van der Waals surface area contributed by atoms with E-state index in [1.54, 1.807) is 0 Å². The lowest BCUT2D eigenvalue weighted by Gasteiger charge is -2.03. The molecule has 0 unspecified atom stereocenters. The molecule has 0 spiro atoms. The van der Waals surface area contributed by atoms with Crippen molar-refractivity contribution >= 4 is 23.3 Å². The minimum Gasteiger partial charge on any atom is -0.465 e. The molecule has 0 aliphatic heterocycles. The third kappa shape index (κ3) is 1.89. The van der Waals surface area contributed by atoms with Crippen molar-refractivity contribution in [3.8, 4) is 0 Å². The number of hydrogen-bond acceptors (Lipinski definition) is 3. The molecule has 0 heterocycles. The summed E-state index contributed by atoms with van der Waals surface area (Å²) in [5, 5.41) is 0.0748. The monoisotopic (exact) mass is 203 g/mol. The van der Waals surface area contributed by atoms with E-state index in [1.807, 2.05) is 0 Å². The van der Waals surface area contributed by atoms with E-state index in [-0.39, 0.29) is 16.3 Å². The molecule has 3 nitrogen and oxygen atoms in total. The predicted octanol–water partition coefficient (Wildman–Crippen LogP) is 1.85. The minimum atomic E-state index is -0.691. The molecule has 1 aromatic rings. The largest absolute Gasteiger partial charge is 0.465 e. The fourth-order valence-electron chi connectivity index (χ4n) is 0.829. The summed E-state index contributed by atoms with van der Waals surface area (Å²) < 4.78 is 17.2. The fourth-order valence-corrected chi connectivity index (χ4v) is 1.08. The molecule has 0 saturated heterocycles. The van der Waals surface area contributed by atoms with E-state index < -0.39 is 11.8 Å². The Labute approximate surface area is 79.2 Å². The van der Waals surface area contributed by atoms with E-state index in [1.165, 1.54) is 13.2 Å². The van der Waals surface area contributed by atoms with Gasteiger partial charge in [-0.1, -0.05) is 11.6 Å². The predicted molar refractivity (Wildman–Crippen MR) is 47.2 cm³/mol. The number of carbonyl (C=O) groups excluding carboxylic acids is 1. The van der Waals surface area contributed by atoms with Crippen LogP contribution in [-0.4, -0.2) is 13.1 Å². The Kier molecular flexibility index (Phi) is 2.72. The zero-order chi connectivity index (χ0) is 10.0. The summed E-state index contributed by atoms with van der Waals surface area (Å²) in [4.78, 5) is 11.0. The Morgan fingerprint density at radius 2 is 2.23 bits per heavy atom. The van der Waals surface area contributed by atoms with Gasteiger partial charge in [-0.05, 0) is 12.1 Å². The number of carbonyl (C=O) groups is 1. The Morgan fingerprint density at radius 3 is 2.77 bits per heavy atom. The van der Waals surface area contributed by atoms with Gasteiger partial charge in [0.1, 0.15) is 5.82 Å². The van der Waals surface area contributed by atoms with Gasteiger partial charge < -0.3 is 10.5 Å². The SMILES string of the molecule is COC(=O)c1cc(F)c(N)cc1Cl. The maximum absolute atomic E-state index is 12.9. The number of benzene rings is 1. The Bertz CT molecular complexity index is 354. The highest BCUT2D eigenvalue weighted by molar-refractivity contribution is 6.33. The lowest BCUT2D eigenvalue weighted by molar-refractivity contribution is 0.0600. The smallest absolute Gasteiger partial charge is 0.339 e. The van der Waals surface area contributed by atoms with Crippen LogP contribution in [0.1, 0.15) is 10.4 Å². The van der Waals surface area contributed by atoms with Gasteiger partial charge in [-0.25, -0.2) is 9.18 Å². The second-order valence-electron chi connectivity index (χ2n) is 2.35. The van der Waals surface area contributed by atoms with E-state index in [0.717, 1.165) is 6.07 Å². The van der Waals surface area contributed by atoms with Crippen molar-refractivity contribution in [3.63, 3.8) is 0 Å². The zero-order valence-electron chi connectivity index (χ0n) is 6.80. The van der Waals surface area contributed by atoms with Crippen molar-refractivity contribution in [1.82, 2.24) is 0 Å². The number of halogens is 2. The van der Waals surface area contributed by atoms with Gasteiger partial charge in [0.25, 0.3) is 0 Å². The first kappa shape index (κ1) is 9.80. The van der Waals surface area contributed by atoms with Gasteiger partial charge in [-0.15, -0.1) is 0 Å². The second kappa shape index (κ2) is 3.62. The molecule has 2 N–H and O–H groups in total. The van der Waals surface area contributed by atoms with Crippen molar-refractivity contribution in [2.75, 3.05) is 12.8 Å². The van der Waals surface area contributed by atoms with Crippen LogP contribution in [-0.2, 0) is 4.74 Å². The molecule has 1 aromatic carbocycles. The zero-order valence-corrected chi connectivity index (χ0v) is 7.56. The van der Waals surface area contributed by atoms with Crippen molar-refractivity contribution in [1.29, 1.82) is 0 Å². The van der Waals surface area contributed by atoms with Crippen LogP contribution in [0, 0.1) is 5.82 Å². The molecule has 1 rings (SSSR count). The molecule has 5 heteroatoms. The molecule has 0 bridgehead atoms. The van der Waals surface area contributed by atoms with Crippen molar-refractivity contribution in [3.05, 3.63) is 28.5 Å². The van der Waals surface area contributed by atoms with E-state index >= 15 is 0 Å². The molecule has 70 valence electrons. The summed E-state index contributed by atoms with van der Waals surface area (Å²) in [5.74, 6) is -1.38. The molecule has 0 aliphatic carbocycles. The summed E-state index contributed by atoms with van der Waals surface area (Å²) in [7, 11) is 1.19. The molecule has 13 heavy (non-hydrogen) atoms. The number of nitrogen functional groups attached to an aromatic ring is 1. The van der Waals surface area contributed by atoms with Crippen molar-refractivity contribution < 1.29 is 13.9 Å². The van der Waals surface area contributed by atoms with Crippen molar-refractivity contribution in [2.24, 2.45) is 0 Å². The highest BCUT2D eigenvalue weighted by atomic mass is 35.5. The third-order valence-corrected chi connectivity index (χ3v) is 1.80. The first-order chi connectivity index (χ1) is 6.06. The first-order valence-electron chi connectivity index (χ1n) is 3.39. The van der Waals surface area contributed by atoms with Crippen LogP contribution in [0.5, 0.6) is 0 Å². The molecular weight excluding hydrogens is 197 g/mol. The van der Waals surface area contributed by atoms with E-state index in [4.69, 9.17) is 17.3 Å². The second-order valence-corrected chi connectivity index (χ2v) is 2.75. The standard InChI is InChI=1S/C8H7ClFNO2/c1-13-8(12)4-2-6(10)7(11)3-5(4)9/h2-3H,11H2,1H3.